The lowest BCUT2D eigenvalue weighted by atomic mass is 10.1. The normalized spacial score (nSPS) is 15.8. The molecule has 0 saturated heterocycles. The summed E-state index contributed by atoms with van der Waals surface area (Å²) in [6.45, 7) is 0.711. The molecule has 4 N–H and O–H groups in total. The van der Waals surface area contributed by atoms with E-state index in [0.29, 0.717) is 18.1 Å². The summed E-state index contributed by atoms with van der Waals surface area (Å²) < 4.78 is 0. The first kappa shape index (κ1) is 6.27. The van der Waals surface area contributed by atoms with Gasteiger partial charge in [0.25, 0.3) is 5.91 Å². The van der Waals surface area contributed by atoms with Gasteiger partial charge < -0.3 is 16.0 Å². The Morgan fingerprint density at radius 3 is 3.09 bits per heavy atom. The Labute approximate surface area is 63.8 Å². The van der Waals surface area contributed by atoms with Crippen molar-refractivity contribution in [1.29, 1.82) is 0 Å². The lowest BCUT2D eigenvalue weighted by Crippen LogP contribution is -2.31. The Morgan fingerprint density at radius 2 is 2.36 bits per heavy atom. The number of carbonyl (C=O) groups excluding carboxylic acids is 1. The number of amides is 1. The van der Waals surface area contributed by atoms with Gasteiger partial charge in [-0.05, 0) is 18.1 Å². The molecule has 0 spiro atoms. The molecular weight excluding hydrogens is 142 g/mol. The van der Waals surface area contributed by atoms with Gasteiger partial charge in [0, 0.05) is 6.54 Å². The van der Waals surface area contributed by atoms with Crippen LogP contribution in [0.1, 0.15) is 16.1 Å². The number of H-pyrrole nitrogens is 1. The first-order valence-electron chi connectivity index (χ1n) is 3.53. The third-order valence-electron chi connectivity index (χ3n) is 1.83. The van der Waals surface area contributed by atoms with Crippen molar-refractivity contribution in [1.82, 2.24) is 10.3 Å². The number of carbonyl (C=O) groups is 1. The fourth-order valence-corrected chi connectivity index (χ4v) is 1.32. The zero-order valence-electron chi connectivity index (χ0n) is 5.98. The molecule has 1 amide bonds. The van der Waals surface area contributed by atoms with E-state index < -0.39 is 0 Å². The topological polar surface area (TPSA) is 70.9 Å². The van der Waals surface area contributed by atoms with E-state index in [0.717, 1.165) is 12.0 Å². The summed E-state index contributed by atoms with van der Waals surface area (Å²) in [5.74, 6) is 0.509. The van der Waals surface area contributed by atoms with Crippen LogP contribution in [0.4, 0.5) is 5.82 Å². The minimum atomic E-state index is -0.0528. The van der Waals surface area contributed by atoms with E-state index in [1.165, 1.54) is 0 Å². The van der Waals surface area contributed by atoms with Crippen molar-refractivity contribution < 1.29 is 4.79 Å². The van der Waals surface area contributed by atoms with Gasteiger partial charge in [-0.15, -0.1) is 0 Å². The number of fused-ring (bicyclic) bond motifs is 1. The number of anilines is 1. The van der Waals surface area contributed by atoms with E-state index in [9.17, 15) is 4.79 Å². The molecule has 1 aromatic rings. The summed E-state index contributed by atoms with van der Waals surface area (Å²) in [7, 11) is 0. The maximum absolute atomic E-state index is 11.1. The minimum Gasteiger partial charge on any atom is -0.385 e. The van der Waals surface area contributed by atoms with Gasteiger partial charge >= 0.3 is 0 Å². The molecule has 0 bridgehead atoms. The van der Waals surface area contributed by atoms with Crippen LogP contribution >= 0.6 is 0 Å². The minimum absolute atomic E-state index is 0.0528. The van der Waals surface area contributed by atoms with Gasteiger partial charge in [-0.25, -0.2) is 0 Å². The van der Waals surface area contributed by atoms with Crippen LogP contribution in [0.2, 0.25) is 0 Å². The predicted molar refractivity (Wildman–Crippen MR) is 41.2 cm³/mol. The molecule has 1 aliphatic heterocycles. The molecule has 2 heterocycles. The number of rotatable bonds is 0. The highest BCUT2D eigenvalue weighted by Crippen LogP contribution is 2.15. The van der Waals surface area contributed by atoms with Crippen LogP contribution in [-0.4, -0.2) is 17.4 Å². The smallest absolute Gasteiger partial charge is 0.268 e. The average molecular weight is 151 g/mol. The third kappa shape index (κ3) is 0.869. The molecule has 0 aliphatic carbocycles. The van der Waals surface area contributed by atoms with Crippen LogP contribution in [0.15, 0.2) is 6.07 Å². The van der Waals surface area contributed by atoms with Crippen LogP contribution in [0, 0.1) is 0 Å². The Hall–Kier alpha value is -1.45. The van der Waals surface area contributed by atoms with Crippen molar-refractivity contribution in [3.63, 3.8) is 0 Å². The van der Waals surface area contributed by atoms with Crippen molar-refractivity contribution in [2.24, 2.45) is 0 Å². The lowest BCUT2D eigenvalue weighted by molar-refractivity contribution is 0.0941. The summed E-state index contributed by atoms with van der Waals surface area (Å²) in [6.07, 6.45) is 0.870. The van der Waals surface area contributed by atoms with E-state index >= 15 is 0 Å². The van der Waals surface area contributed by atoms with Crippen molar-refractivity contribution >= 4 is 11.7 Å². The number of aromatic nitrogens is 1. The molecule has 0 saturated carbocycles. The SMILES string of the molecule is Nc1cc2c([nH]1)C(=O)NCC2. The summed E-state index contributed by atoms with van der Waals surface area (Å²) in [4.78, 5) is 13.9. The number of nitrogen functional groups attached to an aromatic ring is 1. The second-order valence-electron chi connectivity index (χ2n) is 2.63. The zero-order chi connectivity index (χ0) is 7.84. The van der Waals surface area contributed by atoms with Gasteiger partial charge in [-0.1, -0.05) is 0 Å². The van der Waals surface area contributed by atoms with Gasteiger partial charge in [0.05, 0.1) is 0 Å². The number of nitrogens with two attached hydrogens (primary N) is 1. The summed E-state index contributed by atoms with van der Waals surface area (Å²) in [6, 6.07) is 1.81. The van der Waals surface area contributed by atoms with Crippen molar-refractivity contribution in [3.8, 4) is 0 Å². The molecule has 2 rings (SSSR count). The van der Waals surface area contributed by atoms with Crippen LogP contribution in [0.25, 0.3) is 0 Å². The van der Waals surface area contributed by atoms with Crippen molar-refractivity contribution in [2.75, 3.05) is 12.3 Å². The molecule has 1 aliphatic rings. The quantitative estimate of drug-likeness (QED) is 0.484. The van der Waals surface area contributed by atoms with E-state index in [-0.39, 0.29) is 5.91 Å². The molecule has 0 radical (unpaired) electrons. The second-order valence-corrected chi connectivity index (χ2v) is 2.63. The first-order chi connectivity index (χ1) is 5.27. The zero-order valence-corrected chi connectivity index (χ0v) is 5.98. The van der Waals surface area contributed by atoms with Crippen LogP contribution in [-0.2, 0) is 6.42 Å². The van der Waals surface area contributed by atoms with Crippen LogP contribution in [0.5, 0.6) is 0 Å². The molecule has 0 atom stereocenters. The van der Waals surface area contributed by atoms with E-state index in [1.807, 2.05) is 6.07 Å². The Bertz CT molecular complexity index is 303. The van der Waals surface area contributed by atoms with Crippen LogP contribution < -0.4 is 11.1 Å². The molecule has 0 fully saturated rings. The second kappa shape index (κ2) is 2.02. The maximum Gasteiger partial charge on any atom is 0.268 e. The standard InChI is InChI=1S/C7H9N3O/c8-5-3-4-1-2-9-7(11)6(4)10-5/h3,10H,1-2,8H2,(H,9,11). The molecular formula is C7H9N3O. The highest BCUT2D eigenvalue weighted by molar-refractivity contribution is 5.95. The number of aromatic amines is 1. The van der Waals surface area contributed by atoms with Crippen molar-refractivity contribution in [2.45, 2.75) is 6.42 Å². The van der Waals surface area contributed by atoms with Gasteiger partial charge in [-0.2, -0.15) is 0 Å². The molecule has 11 heavy (non-hydrogen) atoms. The van der Waals surface area contributed by atoms with Gasteiger partial charge in [0.2, 0.25) is 0 Å². The Kier molecular flexibility index (Phi) is 1.15. The van der Waals surface area contributed by atoms with Crippen molar-refractivity contribution in [3.05, 3.63) is 17.3 Å². The molecule has 4 nitrogen and oxygen atoms in total. The Morgan fingerprint density at radius 1 is 1.55 bits per heavy atom. The number of hydrogen-bond acceptors (Lipinski definition) is 2. The molecule has 0 unspecified atom stereocenters. The summed E-state index contributed by atoms with van der Waals surface area (Å²) in [5, 5.41) is 2.73. The molecule has 4 heteroatoms. The monoisotopic (exact) mass is 151 g/mol. The van der Waals surface area contributed by atoms with Gasteiger partial charge in [0.15, 0.2) is 0 Å². The van der Waals surface area contributed by atoms with E-state index in [4.69, 9.17) is 5.73 Å². The van der Waals surface area contributed by atoms with Crippen LogP contribution in [0.3, 0.4) is 0 Å². The largest absolute Gasteiger partial charge is 0.385 e. The fourth-order valence-electron chi connectivity index (χ4n) is 1.32. The lowest BCUT2D eigenvalue weighted by Gasteiger charge is -2.10. The fraction of sp³-hybridized carbons (Fsp3) is 0.286. The number of hydrogen-bond donors (Lipinski definition) is 3. The Balaban J connectivity index is 2.52. The van der Waals surface area contributed by atoms with E-state index in [1.54, 1.807) is 0 Å². The predicted octanol–water partition coefficient (Wildman–Crippen LogP) is -0.117. The molecule has 0 aromatic carbocycles. The molecule has 58 valence electrons. The summed E-state index contributed by atoms with van der Waals surface area (Å²) in [5.41, 5.74) is 7.12. The van der Waals surface area contributed by atoms with Gasteiger partial charge in [0.1, 0.15) is 11.5 Å². The average Bonchev–Trinajstić information content (AvgIpc) is 2.31. The number of nitrogens with one attached hydrogen (secondary N) is 2. The van der Waals surface area contributed by atoms with Gasteiger partial charge in [-0.3, -0.25) is 4.79 Å². The highest BCUT2D eigenvalue weighted by Gasteiger charge is 2.18. The maximum atomic E-state index is 11.1. The third-order valence-corrected chi connectivity index (χ3v) is 1.83. The highest BCUT2D eigenvalue weighted by atomic mass is 16.1. The van der Waals surface area contributed by atoms with E-state index in [2.05, 4.69) is 10.3 Å². The first-order valence-corrected chi connectivity index (χ1v) is 3.53. The summed E-state index contributed by atoms with van der Waals surface area (Å²) >= 11 is 0. The molecule has 1 aromatic heterocycles.